The van der Waals surface area contributed by atoms with Crippen molar-refractivity contribution in [2.45, 2.75) is 33.6 Å². The second-order valence-corrected chi connectivity index (χ2v) is 3.31. The molecule has 0 amide bonds. The van der Waals surface area contributed by atoms with Gasteiger partial charge < -0.3 is 5.11 Å². The topological polar surface area (TPSA) is 63.1 Å². The Morgan fingerprint density at radius 3 is 2.14 bits per heavy atom. The molecule has 1 heterocycles. The van der Waals surface area contributed by atoms with Gasteiger partial charge in [-0.1, -0.05) is 0 Å². The van der Waals surface area contributed by atoms with Crippen LogP contribution < -0.4 is 0 Å². The van der Waals surface area contributed by atoms with Gasteiger partial charge in [0.2, 0.25) is 0 Å². The summed E-state index contributed by atoms with van der Waals surface area (Å²) in [6.07, 6.45) is 0.640. The van der Waals surface area contributed by atoms with Crippen LogP contribution in [0.25, 0.3) is 0 Å². The third kappa shape index (κ3) is 2.52. The predicted octanol–water partition coefficient (Wildman–Crippen LogP) is 1.42. The summed E-state index contributed by atoms with van der Waals surface area (Å²) in [4.78, 5) is 18.8. The average Bonchev–Trinajstić information content (AvgIpc) is 2.01. The second-order valence-electron chi connectivity index (χ2n) is 3.31. The molecule has 1 N–H and O–H groups in total. The largest absolute Gasteiger partial charge is 0.481 e. The molecule has 0 unspecified atom stereocenters. The van der Waals surface area contributed by atoms with Gasteiger partial charge in [-0.05, 0) is 32.8 Å². The smallest absolute Gasteiger partial charge is 0.303 e. The molecule has 0 fully saturated rings. The summed E-state index contributed by atoms with van der Waals surface area (Å²) >= 11 is 0. The van der Waals surface area contributed by atoms with Gasteiger partial charge in [0, 0.05) is 17.8 Å². The molecule has 14 heavy (non-hydrogen) atoms. The van der Waals surface area contributed by atoms with E-state index in [1.165, 1.54) is 0 Å². The lowest BCUT2D eigenvalue weighted by atomic mass is 10.1. The first-order valence-corrected chi connectivity index (χ1v) is 4.53. The van der Waals surface area contributed by atoms with Crippen molar-refractivity contribution in [1.29, 1.82) is 0 Å². The Hall–Kier alpha value is -1.45. The number of carboxylic acids is 1. The molecule has 1 aromatic rings. The van der Waals surface area contributed by atoms with Crippen molar-refractivity contribution in [3.05, 3.63) is 22.8 Å². The average molecular weight is 194 g/mol. The Kier molecular flexibility index (Phi) is 3.17. The minimum atomic E-state index is -0.788. The van der Waals surface area contributed by atoms with Crippen LogP contribution in [0.2, 0.25) is 0 Å². The summed E-state index contributed by atoms with van der Waals surface area (Å²) in [7, 11) is 0. The molecule has 0 aromatic carbocycles. The second kappa shape index (κ2) is 4.17. The molecule has 4 heteroatoms. The number of aromatic nitrogens is 2. The van der Waals surface area contributed by atoms with Crippen LogP contribution in [0.5, 0.6) is 0 Å². The minimum absolute atomic E-state index is 0.133. The van der Waals surface area contributed by atoms with Crippen LogP contribution in [-0.2, 0) is 11.2 Å². The fourth-order valence-electron chi connectivity index (χ4n) is 1.50. The highest BCUT2D eigenvalue weighted by Gasteiger charge is 2.08. The normalized spacial score (nSPS) is 10.2. The predicted molar refractivity (Wildman–Crippen MR) is 52.2 cm³/mol. The molecule has 1 aromatic heterocycles. The number of hydrogen-bond acceptors (Lipinski definition) is 3. The lowest BCUT2D eigenvalue weighted by Gasteiger charge is -2.07. The SMILES string of the molecule is Cc1nc(C)c(CCC(=O)O)c(C)n1. The zero-order valence-electron chi connectivity index (χ0n) is 8.66. The fourth-order valence-corrected chi connectivity index (χ4v) is 1.50. The van der Waals surface area contributed by atoms with Crippen LogP contribution in [-0.4, -0.2) is 21.0 Å². The first-order chi connectivity index (χ1) is 6.50. The summed E-state index contributed by atoms with van der Waals surface area (Å²) in [6.45, 7) is 5.61. The Bertz CT molecular complexity index is 338. The molecule has 0 spiro atoms. The van der Waals surface area contributed by atoms with E-state index in [-0.39, 0.29) is 6.42 Å². The highest BCUT2D eigenvalue weighted by Crippen LogP contribution is 2.12. The van der Waals surface area contributed by atoms with Gasteiger partial charge in [0.1, 0.15) is 5.82 Å². The van der Waals surface area contributed by atoms with Gasteiger partial charge >= 0.3 is 5.97 Å². The number of carboxylic acid groups (broad SMARTS) is 1. The van der Waals surface area contributed by atoms with Crippen LogP contribution in [0.15, 0.2) is 0 Å². The van der Waals surface area contributed by atoms with Crippen LogP contribution in [0.1, 0.15) is 29.2 Å². The first-order valence-electron chi connectivity index (χ1n) is 4.53. The Morgan fingerprint density at radius 2 is 1.71 bits per heavy atom. The van der Waals surface area contributed by atoms with E-state index in [2.05, 4.69) is 9.97 Å². The monoisotopic (exact) mass is 194 g/mol. The quantitative estimate of drug-likeness (QED) is 0.790. The van der Waals surface area contributed by atoms with E-state index in [0.717, 1.165) is 22.8 Å². The molecule has 76 valence electrons. The van der Waals surface area contributed by atoms with Crippen molar-refractivity contribution in [1.82, 2.24) is 9.97 Å². The van der Waals surface area contributed by atoms with E-state index in [9.17, 15) is 4.79 Å². The van der Waals surface area contributed by atoms with E-state index in [0.29, 0.717) is 6.42 Å². The lowest BCUT2D eigenvalue weighted by molar-refractivity contribution is -0.136. The summed E-state index contributed by atoms with van der Waals surface area (Å²) in [5, 5.41) is 8.57. The van der Waals surface area contributed by atoms with Crippen LogP contribution in [0.4, 0.5) is 0 Å². The van der Waals surface area contributed by atoms with E-state index < -0.39 is 5.97 Å². The van der Waals surface area contributed by atoms with Gasteiger partial charge in [-0.3, -0.25) is 4.79 Å². The molecule has 1 rings (SSSR count). The molecular weight excluding hydrogens is 180 g/mol. The van der Waals surface area contributed by atoms with Crippen molar-refractivity contribution >= 4 is 5.97 Å². The standard InChI is InChI=1S/C10H14N2O2/c1-6-9(4-5-10(13)14)7(2)12-8(3)11-6/h4-5H2,1-3H3,(H,13,14). The number of hydrogen-bond donors (Lipinski definition) is 1. The van der Waals surface area contributed by atoms with Crippen molar-refractivity contribution in [2.24, 2.45) is 0 Å². The number of carbonyl (C=O) groups is 1. The molecule has 0 atom stereocenters. The number of nitrogens with zero attached hydrogens (tertiary/aromatic N) is 2. The zero-order chi connectivity index (χ0) is 10.7. The Balaban J connectivity index is 2.91. The van der Waals surface area contributed by atoms with Crippen LogP contribution in [0.3, 0.4) is 0 Å². The van der Waals surface area contributed by atoms with Crippen molar-refractivity contribution < 1.29 is 9.90 Å². The maximum atomic E-state index is 10.4. The maximum Gasteiger partial charge on any atom is 0.303 e. The summed E-state index contributed by atoms with van der Waals surface area (Å²) < 4.78 is 0. The molecule has 0 aliphatic carbocycles. The van der Waals surface area contributed by atoms with E-state index in [4.69, 9.17) is 5.11 Å². The van der Waals surface area contributed by atoms with Gasteiger partial charge in [0.15, 0.2) is 0 Å². The molecule has 0 saturated heterocycles. The third-order valence-corrected chi connectivity index (χ3v) is 2.12. The fraction of sp³-hybridized carbons (Fsp3) is 0.500. The van der Waals surface area contributed by atoms with Gasteiger partial charge in [-0.25, -0.2) is 9.97 Å². The number of aryl methyl sites for hydroxylation is 3. The molecule has 0 radical (unpaired) electrons. The highest BCUT2D eigenvalue weighted by molar-refractivity contribution is 5.67. The zero-order valence-corrected chi connectivity index (χ0v) is 8.66. The lowest BCUT2D eigenvalue weighted by Crippen LogP contribution is -2.05. The highest BCUT2D eigenvalue weighted by atomic mass is 16.4. The molecule has 0 saturated carbocycles. The minimum Gasteiger partial charge on any atom is -0.481 e. The van der Waals surface area contributed by atoms with Gasteiger partial charge in [0.05, 0.1) is 0 Å². The molecular formula is C10H14N2O2. The first kappa shape index (κ1) is 10.6. The van der Waals surface area contributed by atoms with Crippen molar-refractivity contribution in [2.75, 3.05) is 0 Å². The van der Waals surface area contributed by atoms with Gasteiger partial charge in [-0.15, -0.1) is 0 Å². The summed E-state index contributed by atoms with van der Waals surface area (Å²) in [5.41, 5.74) is 2.73. The van der Waals surface area contributed by atoms with E-state index in [1.54, 1.807) is 0 Å². The third-order valence-electron chi connectivity index (χ3n) is 2.12. The van der Waals surface area contributed by atoms with Crippen LogP contribution in [0, 0.1) is 20.8 Å². The van der Waals surface area contributed by atoms with E-state index in [1.807, 2.05) is 20.8 Å². The van der Waals surface area contributed by atoms with Crippen molar-refractivity contribution in [3.8, 4) is 0 Å². The maximum absolute atomic E-state index is 10.4. The summed E-state index contributed by atoms with van der Waals surface area (Å²) in [6, 6.07) is 0. The molecule has 0 aliphatic heterocycles. The van der Waals surface area contributed by atoms with Gasteiger partial charge in [0.25, 0.3) is 0 Å². The molecule has 0 aliphatic rings. The Morgan fingerprint density at radius 1 is 1.21 bits per heavy atom. The Labute approximate surface area is 83.0 Å². The van der Waals surface area contributed by atoms with E-state index >= 15 is 0 Å². The van der Waals surface area contributed by atoms with Crippen molar-refractivity contribution in [3.63, 3.8) is 0 Å². The molecule has 4 nitrogen and oxygen atoms in total. The van der Waals surface area contributed by atoms with Gasteiger partial charge in [-0.2, -0.15) is 0 Å². The molecule has 0 bridgehead atoms. The summed E-state index contributed by atoms with van der Waals surface area (Å²) in [5.74, 6) is -0.0524. The van der Waals surface area contributed by atoms with Crippen LogP contribution >= 0.6 is 0 Å². The number of rotatable bonds is 3. The number of aliphatic carboxylic acids is 1.